The van der Waals surface area contributed by atoms with Crippen molar-refractivity contribution in [3.63, 3.8) is 0 Å². The molecule has 1 aromatic rings. The highest BCUT2D eigenvalue weighted by molar-refractivity contribution is 9.12. The van der Waals surface area contributed by atoms with E-state index in [2.05, 4.69) is 20.9 Å². The van der Waals surface area contributed by atoms with Gasteiger partial charge in [0.2, 0.25) is 0 Å². The van der Waals surface area contributed by atoms with Gasteiger partial charge in [-0.05, 0) is 72.2 Å². The molecule has 0 aromatic carbocycles. The first-order valence-electron chi connectivity index (χ1n) is 8.52. The summed E-state index contributed by atoms with van der Waals surface area (Å²) in [6.07, 6.45) is 11.3. The Morgan fingerprint density at radius 3 is 2.62 bits per heavy atom. The van der Waals surface area contributed by atoms with Crippen LogP contribution < -0.4 is 4.74 Å². The van der Waals surface area contributed by atoms with Crippen LogP contribution in [0.1, 0.15) is 51.1 Å². The topological polar surface area (TPSA) is 63.0 Å². The van der Waals surface area contributed by atoms with Crippen molar-refractivity contribution in [3.05, 3.63) is 28.5 Å². The first-order valence-corrected chi connectivity index (χ1v) is 9.32. The van der Waals surface area contributed by atoms with Crippen molar-refractivity contribution in [2.24, 2.45) is 11.8 Å². The van der Waals surface area contributed by atoms with E-state index in [1.807, 2.05) is 12.1 Å². The van der Waals surface area contributed by atoms with Gasteiger partial charge < -0.3 is 14.9 Å². The van der Waals surface area contributed by atoms with Gasteiger partial charge in [0.25, 0.3) is 0 Å². The van der Waals surface area contributed by atoms with Gasteiger partial charge in [0.05, 0.1) is 18.5 Å². The Kier molecular flexibility index (Phi) is 7.63. The van der Waals surface area contributed by atoms with Crippen LogP contribution in [0.5, 0.6) is 5.75 Å². The summed E-state index contributed by atoms with van der Waals surface area (Å²) in [5, 5.41) is 7.13. The van der Waals surface area contributed by atoms with Crippen molar-refractivity contribution in [2.45, 2.75) is 45.4 Å². The molecule has 4 nitrogen and oxygen atoms in total. The lowest BCUT2D eigenvalue weighted by Crippen LogP contribution is -2.20. The first-order chi connectivity index (χ1) is 11.6. The van der Waals surface area contributed by atoms with E-state index in [0.29, 0.717) is 22.1 Å². The third kappa shape index (κ3) is 6.56. The van der Waals surface area contributed by atoms with E-state index in [1.54, 1.807) is 19.2 Å². The molecule has 130 valence electrons. The number of aromatic nitrogens is 1. The number of Topliss-reactive ketones (excluding diaryl/α,β-unsaturated/α-hetero) is 1. The highest BCUT2D eigenvalue weighted by Gasteiger charge is 2.21. The van der Waals surface area contributed by atoms with Crippen molar-refractivity contribution >= 4 is 34.0 Å². The molecule has 1 heterocycles. The van der Waals surface area contributed by atoms with E-state index in [0.717, 1.165) is 30.9 Å². The first kappa shape index (κ1) is 18.8. The number of hydrogen-bond acceptors (Lipinski definition) is 4. The Bertz CT molecular complexity index is 576. The maximum absolute atomic E-state index is 11.1. The minimum Gasteiger partial charge on any atom is -0.492 e. The number of pyridine rings is 1. The lowest BCUT2D eigenvalue weighted by Gasteiger charge is -2.28. The molecule has 0 amide bonds. The highest BCUT2D eigenvalue weighted by atomic mass is 79.9. The maximum atomic E-state index is 11.1. The molecular weight excluding hydrogens is 368 g/mol. The quantitative estimate of drug-likeness (QED) is 0.631. The smallest absolute Gasteiger partial charge is 0.137 e. The van der Waals surface area contributed by atoms with Gasteiger partial charge in [-0.3, -0.25) is 4.98 Å². The number of ether oxygens (including phenoxy) is 1. The maximum Gasteiger partial charge on any atom is 0.137 e. The molecule has 1 aromatic heterocycles. The van der Waals surface area contributed by atoms with E-state index in [4.69, 9.17) is 10.1 Å². The summed E-state index contributed by atoms with van der Waals surface area (Å²) in [7, 11) is 0. The van der Waals surface area contributed by atoms with Crippen molar-refractivity contribution in [2.75, 3.05) is 6.61 Å². The SMILES string of the molecule is CC(=O)CCC1CCC(COc2ccc(/C=C(\Br)C=N)nc2)CC1. The predicted molar refractivity (Wildman–Crippen MR) is 101 cm³/mol. The number of nitrogens with one attached hydrogen (secondary N) is 1. The molecule has 1 N–H and O–H groups in total. The van der Waals surface area contributed by atoms with Gasteiger partial charge in [-0.15, -0.1) is 0 Å². The largest absolute Gasteiger partial charge is 0.492 e. The zero-order valence-corrected chi connectivity index (χ0v) is 15.7. The normalized spacial score (nSPS) is 21.3. The second-order valence-corrected chi connectivity index (χ2v) is 7.45. The van der Waals surface area contributed by atoms with Crippen LogP contribution in [0.25, 0.3) is 6.08 Å². The fourth-order valence-electron chi connectivity index (χ4n) is 3.05. The van der Waals surface area contributed by atoms with Gasteiger partial charge in [-0.2, -0.15) is 0 Å². The lowest BCUT2D eigenvalue weighted by atomic mass is 9.80. The Morgan fingerprint density at radius 1 is 1.33 bits per heavy atom. The highest BCUT2D eigenvalue weighted by Crippen LogP contribution is 2.32. The van der Waals surface area contributed by atoms with Crippen LogP contribution in [0.15, 0.2) is 22.8 Å². The van der Waals surface area contributed by atoms with E-state index in [9.17, 15) is 4.79 Å². The summed E-state index contributed by atoms with van der Waals surface area (Å²) in [4.78, 5) is 15.4. The van der Waals surface area contributed by atoms with Crippen molar-refractivity contribution in [1.29, 1.82) is 5.41 Å². The van der Waals surface area contributed by atoms with Crippen LogP contribution >= 0.6 is 15.9 Å². The molecule has 1 saturated carbocycles. The van der Waals surface area contributed by atoms with Crippen LogP contribution in [0.2, 0.25) is 0 Å². The van der Waals surface area contributed by atoms with Crippen molar-refractivity contribution in [3.8, 4) is 5.75 Å². The molecule has 1 fully saturated rings. The number of carbonyl (C=O) groups is 1. The monoisotopic (exact) mass is 392 g/mol. The van der Waals surface area contributed by atoms with Gasteiger partial charge in [0, 0.05) is 17.1 Å². The van der Waals surface area contributed by atoms with E-state index in [-0.39, 0.29) is 0 Å². The molecule has 0 unspecified atom stereocenters. The van der Waals surface area contributed by atoms with E-state index >= 15 is 0 Å². The molecule has 0 atom stereocenters. The summed E-state index contributed by atoms with van der Waals surface area (Å²) in [6, 6.07) is 3.81. The average molecular weight is 393 g/mol. The molecular formula is C19H25BrN2O2. The Balaban J connectivity index is 1.72. The van der Waals surface area contributed by atoms with Crippen LogP contribution in [0, 0.1) is 17.2 Å². The van der Waals surface area contributed by atoms with Crippen LogP contribution in [-0.2, 0) is 4.79 Å². The third-order valence-corrected chi connectivity index (χ3v) is 5.00. The van der Waals surface area contributed by atoms with E-state index in [1.165, 1.54) is 31.9 Å². The summed E-state index contributed by atoms with van der Waals surface area (Å²) in [5.41, 5.74) is 0.795. The summed E-state index contributed by atoms with van der Waals surface area (Å²) >= 11 is 3.27. The van der Waals surface area contributed by atoms with Crippen LogP contribution in [-0.4, -0.2) is 23.6 Å². The molecule has 2 rings (SSSR count). The second-order valence-electron chi connectivity index (χ2n) is 6.53. The van der Waals surface area contributed by atoms with Crippen molar-refractivity contribution in [1.82, 2.24) is 4.98 Å². The van der Waals surface area contributed by atoms with Crippen LogP contribution in [0.3, 0.4) is 0 Å². The standard InChI is InChI=1S/C19H25BrN2O2/c1-14(23)2-3-15-4-6-16(7-5-15)13-24-19-9-8-18(22-12-19)10-17(20)11-21/h8-12,15-16,21H,2-7,13H2,1H3/b17-10-,21-11?. The average Bonchev–Trinajstić information content (AvgIpc) is 2.60. The number of hydrogen-bond donors (Lipinski definition) is 1. The second kappa shape index (κ2) is 9.72. The molecule has 0 saturated heterocycles. The van der Waals surface area contributed by atoms with Crippen molar-refractivity contribution < 1.29 is 9.53 Å². The fraction of sp³-hybridized carbons (Fsp3) is 0.526. The Labute approximate surface area is 152 Å². The molecule has 0 radical (unpaired) electrons. The van der Waals surface area contributed by atoms with Gasteiger partial charge in [-0.25, -0.2) is 0 Å². The van der Waals surface area contributed by atoms with Gasteiger partial charge in [0.15, 0.2) is 0 Å². The van der Waals surface area contributed by atoms with E-state index < -0.39 is 0 Å². The zero-order valence-electron chi connectivity index (χ0n) is 14.1. The number of ketones is 1. The van der Waals surface area contributed by atoms with Gasteiger partial charge in [0.1, 0.15) is 11.5 Å². The number of carbonyl (C=O) groups excluding carboxylic acids is 1. The minimum absolute atomic E-state index is 0.305. The van der Waals surface area contributed by atoms with Crippen LogP contribution in [0.4, 0.5) is 0 Å². The molecule has 0 spiro atoms. The number of rotatable bonds is 8. The predicted octanol–water partition coefficient (Wildman–Crippen LogP) is 5.02. The number of allylic oxidation sites excluding steroid dienone is 1. The molecule has 24 heavy (non-hydrogen) atoms. The van der Waals surface area contributed by atoms with Gasteiger partial charge >= 0.3 is 0 Å². The number of nitrogens with zero attached hydrogens (tertiary/aromatic N) is 1. The fourth-order valence-corrected chi connectivity index (χ4v) is 3.29. The molecule has 0 bridgehead atoms. The summed E-state index contributed by atoms with van der Waals surface area (Å²) < 4.78 is 6.56. The lowest BCUT2D eigenvalue weighted by molar-refractivity contribution is -0.117. The minimum atomic E-state index is 0.305. The third-order valence-electron chi connectivity index (χ3n) is 4.54. The molecule has 1 aliphatic carbocycles. The Morgan fingerprint density at radius 2 is 2.04 bits per heavy atom. The zero-order chi connectivity index (χ0) is 17.4. The molecule has 0 aliphatic heterocycles. The number of halogens is 1. The summed E-state index contributed by atoms with van der Waals surface area (Å²) in [6.45, 7) is 2.42. The molecule has 1 aliphatic rings. The Hall–Kier alpha value is -1.49. The summed E-state index contributed by atoms with van der Waals surface area (Å²) in [5.74, 6) is 2.41. The molecule has 5 heteroatoms. The van der Waals surface area contributed by atoms with Gasteiger partial charge in [-0.1, -0.05) is 12.8 Å².